The molecule has 0 aliphatic carbocycles. The van der Waals surface area contributed by atoms with Gasteiger partial charge in [-0.1, -0.05) is 52.9 Å². The first-order chi connectivity index (χ1) is 11.8. The number of fused-ring (bicyclic) bond motifs is 1. The number of carbonyl (C=O) groups excluding carboxylic acids is 3. The fourth-order valence-electron chi connectivity index (χ4n) is 3.15. The number of hydrogen-bond donors (Lipinski definition) is 1. The van der Waals surface area contributed by atoms with Crippen LogP contribution in [0.25, 0.3) is 0 Å². The second-order valence-corrected chi connectivity index (χ2v) is 9.07. The van der Waals surface area contributed by atoms with Gasteiger partial charge in [0.1, 0.15) is 24.1 Å². The summed E-state index contributed by atoms with van der Waals surface area (Å²) < 4.78 is 5.27. The number of β-lactam (4-membered cyclic amide) rings is 1. The van der Waals surface area contributed by atoms with Crippen molar-refractivity contribution in [2.75, 3.05) is 4.43 Å². The Morgan fingerprint density at radius 2 is 2.00 bits per heavy atom. The standard InChI is InChI=1S/C17H19IN2O4S/c1-17(2)13(16(23)24-9-10-6-4-3-5-7-10)20-14(22)12(15(20)25-17)19-11(21)8-18/h3-7,12-13,15H,8-9H2,1-2H3,(H,19,21)/t12-,13+,15-/m1/s1. The van der Waals surface area contributed by atoms with Crippen molar-refractivity contribution >= 4 is 52.1 Å². The van der Waals surface area contributed by atoms with Gasteiger partial charge in [-0.2, -0.15) is 0 Å². The molecule has 1 N–H and O–H groups in total. The molecular formula is C17H19IN2O4S. The number of ether oxygens (including phenoxy) is 1. The molecule has 1 aromatic carbocycles. The highest BCUT2D eigenvalue weighted by atomic mass is 127. The molecule has 2 fully saturated rings. The van der Waals surface area contributed by atoms with E-state index in [-0.39, 0.29) is 23.8 Å². The van der Waals surface area contributed by atoms with Crippen molar-refractivity contribution in [2.45, 2.75) is 42.7 Å². The maximum atomic E-state index is 12.6. The summed E-state index contributed by atoms with van der Waals surface area (Å²) in [6, 6.07) is 8.23. The van der Waals surface area contributed by atoms with Crippen molar-refractivity contribution in [2.24, 2.45) is 0 Å². The molecule has 134 valence electrons. The summed E-state index contributed by atoms with van der Waals surface area (Å²) in [5.74, 6) is -0.800. The monoisotopic (exact) mass is 474 g/mol. The quantitative estimate of drug-likeness (QED) is 0.305. The second-order valence-electron chi connectivity index (χ2n) is 6.53. The average Bonchev–Trinajstić information content (AvgIpc) is 2.86. The number of alkyl halides is 1. The van der Waals surface area contributed by atoms with E-state index in [0.29, 0.717) is 4.43 Å². The predicted molar refractivity (Wildman–Crippen MR) is 103 cm³/mol. The molecule has 2 aliphatic rings. The van der Waals surface area contributed by atoms with Crippen molar-refractivity contribution in [1.82, 2.24) is 10.2 Å². The molecule has 0 spiro atoms. The van der Waals surface area contributed by atoms with Gasteiger partial charge in [-0.3, -0.25) is 9.59 Å². The van der Waals surface area contributed by atoms with Crippen LogP contribution in [-0.2, 0) is 25.7 Å². The zero-order valence-corrected chi connectivity index (χ0v) is 16.9. The van der Waals surface area contributed by atoms with E-state index >= 15 is 0 Å². The fraction of sp³-hybridized carbons (Fsp3) is 0.471. The van der Waals surface area contributed by atoms with E-state index in [1.807, 2.05) is 66.8 Å². The summed E-state index contributed by atoms with van der Waals surface area (Å²) in [4.78, 5) is 38.2. The number of hydrogen-bond acceptors (Lipinski definition) is 5. The molecule has 0 radical (unpaired) electrons. The Kier molecular flexibility index (Phi) is 5.29. The molecule has 3 rings (SSSR count). The summed E-state index contributed by atoms with van der Waals surface area (Å²) >= 11 is 3.48. The van der Waals surface area contributed by atoms with Gasteiger partial charge in [0.15, 0.2) is 0 Å². The number of nitrogens with one attached hydrogen (secondary N) is 1. The smallest absolute Gasteiger partial charge is 0.330 e. The summed E-state index contributed by atoms with van der Waals surface area (Å²) in [7, 11) is 0. The van der Waals surface area contributed by atoms with Gasteiger partial charge in [0.05, 0.1) is 4.43 Å². The van der Waals surface area contributed by atoms with Gasteiger partial charge >= 0.3 is 5.97 Å². The SMILES string of the molecule is CC1(C)S[C@@H]2[C@H](NC(=O)CI)C(=O)N2[C@H]1C(=O)OCc1ccccc1. The summed E-state index contributed by atoms with van der Waals surface area (Å²) in [5.41, 5.74) is 0.901. The van der Waals surface area contributed by atoms with Gasteiger partial charge in [-0.05, 0) is 19.4 Å². The molecule has 6 nitrogen and oxygen atoms in total. The number of amides is 2. The van der Waals surface area contributed by atoms with Crippen LogP contribution in [0.5, 0.6) is 0 Å². The molecular weight excluding hydrogens is 455 g/mol. The summed E-state index contributed by atoms with van der Waals surface area (Å²) in [5, 5.41) is 2.51. The minimum Gasteiger partial charge on any atom is -0.459 e. The van der Waals surface area contributed by atoms with Crippen molar-refractivity contribution in [1.29, 1.82) is 0 Å². The third kappa shape index (κ3) is 3.51. The van der Waals surface area contributed by atoms with Gasteiger partial charge in [0.2, 0.25) is 11.8 Å². The Labute approximate surface area is 164 Å². The van der Waals surface area contributed by atoms with E-state index in [4.69, 9.17) is 4.74 Å². The zero-order valence-electron chi connectivity index (χ0n) is 13.9. The number of benzene rings is 1. The Hall–Kier alpha value is -1.29. The minimum absolute atomic E-state index is 0.174. The molecule has 25 heavy (non-hydrogen) atoms. The van der Waals surface area contributed by atoms with Gasteiger partial charge < -0.3 is 15.0 Å². The Bertz CT molecular complexity index is 697. The molecule has 2 amide bonds. The zero-order chi connectivity index (χ0) is 18.2. The lowest BCUT2D eigenvalue weighted by molar-refractivity contribution is -0.165. The number of rotatable bonds is 5. The van der Waals surface area contributed by atoms with Crippen LogP contribution in [0.1, 0.15) is 19.4 Å². The van der Waals surface area contributed by atoms with Crippen LogP contribution in [0, 0.1) is 0 Å². The number of thioether (sulfide) groups is 1. The maximum absolute atomic E-state index is 12.6. The van der Waals surface area contributed by atoms with E-state index < -0.39 is 22.8 Å². The lowest BCUT2D eigenvalue weighted by Crippen LogP contribution is -2.70. The third-order valence-electron chi connectivity index (χ3n) is 4.33. The van der Waals surface area contributed by atoms with Crippen LogP contribution in [0.2, 0.25) is 0 Å². The summed E-state index contributed by atoms with van der Waals surface area (Å²) in [6.45, 7) is 4.03. The highest BCUT2D eigenvalue weighted by molar-refractivity contribution is 14.1. The third-order valence-corrected chi connectivity index (χ3v) is 6.59. The Morgan fingerprint density at radius 3 is 2.64 bits per heavy atom. The Morgan fingerprint density at radius 1 is 1.32 bits per heavy atom. The van der Waals surface area contributed by atoms with Crippen molar-refractivity contribution in [3.8, 4) is 0 Å². The van der Waals surface area contributed by atoms with E-state index in [1.54, 1.807) is 4.90 Å². The molecule has 0 bridgehead atoms. The molecule has 2 aliphatic heterocycles. The number of carbonyl (C=O) groups is 3. The number of halogens is 1. The average molecular weight is 474 g/mol. The highest BCUT2D eigenvalue weighted by Crippen LogP contribution is 2.51. The van der Waals surface area contributed by atoms with Gasteiger partial charge in [0, 0.05) is 4.75 Å². The van der Waals surface area contributed by atoms with Crippen LogP contribution < -0.4 is 5.32 Å². The molecule has 2 saturated heterocycles. The fourth-order valence-corrected chi connectivity index (χ4v) is 4.99. The van der Waals surface area contributed by atoms with Crippen LogP contribution in [-0.4, -0.2) is 49.3 Å². The van der Waals surface area contributed by atoms with Crippen LogP contribution >= 0.6 is 34.4 Å². The highest BCUT2D eigenvalue weighted by Gasteiger charge is 2.64. The van der Waals surface area contributed by atoms with Gasteiger partial charge in [-0.15, -0.1) is 11.8 Å². The molecule has 2 heterocycles. The summed E-state index contributed by atoms with van der Waals surface area (Å²) in [6.07, 6.45) is 0. The first-order valence-corrected chi connectivity index (χ1v) is 10.3. The van der Waals surface area contributed by atoms with Gasteiger partial charge in [-0.25, -0.2) is 4.79 Å². The van der Waals surface area contributed by atoms with Crippen molar-refractivity contribution in [3.63, 3.8) is 0 Å². The molecule has 1 aromatic rings. The van der Waals surface area contributed by atoms with E-state index in [9.17, 15) is 14.4 Å². The van der Waals surface area contributed by atoms with E-state index in [0.717, 1.165) is 5.56 Å². The first kappa shape index (κ1) is 18.5. The van der Waals surface area contributed by atoms with Crippen LogP contribution in [0.4, 0.5) is 0 Å². The van der Waals surface area contributed by atoms with Crippen molar-refractivity contribution in [3.05, 3.63) is 35.9 Å². The van der Waals surface area contributed by atoms with Crippen LogP contribution in [0.3, 0.4) is 0 Å². The number of nitrogens with zero attached hydrogens (tertiary/aromatic N) is 1. The largest absolute Gasteiger partial charge is 0.459 e. The van der Waals surface area contributed by atoms with E-state index in [1.165, 1.54) is 11.8 Å². The normalized spacial score (nSPS) is 26.6. The van der Waals surface area contributed by atoms with E-state index in [2.05, 4.69) is 5.32 Å². The molecule has 8 heteroatoms. The minimum atomic E-state index is -0.647. The predicted octanol–water partition coefficient (Wildman–Crippen LogP) is 1.71. The maximum Gasteiger partial charge on any atom is 0.330 e. The second kappa shape index (κ2) is 7.14. The lowest BCUT2D eigenvalue weighted by Gasteiger charge is -2.43. The van der Waals surface area contributed by atoms with Gasteiger partial charge in [0.25, 0.3) is 0 Å². The molecule has 3 atom stereocenters. The van der Waals surface area contributed by atoms with Crippen LogP contribution in [0.15, 0.2) is 30.3 Å². The molecule has 0 saturated carbocycles. The topological polar surface area (TPSA) is 75.7 Å². The number of esters is 1. The van der Waals surface area contributed by atoms with Crippen molar-refractivity contribution < 1.29 is 19.1 Å². The molecule has 0 unspecified atom stereocenters. The molecule has 0 aromatic heterocycles. The first-order valence-electron chi connectivity index (χ1n) is 7.91. The Balaban J connectivity index is 1.68. The lowest BCUT2D eigenvalue weighted by atomic mass is 9.96.